The van der Waals surface area contributed by atoms with Gasteiger partial charge < -0.3 is 14.1 Å². The van der Waals surface area contributed by atoms with Crippen molar-refractivity contribution in [3.05, 3.63) is 72.2 Å². The average Bonchev–Trinajstić information content (AvgIpc) is 3.37. The molecule has 1 unspecified atom stereocenters. The summed E-state index contributed by atoms with van der Waals surface area (Å²) in [6, 6.07) is 16.6. The van der Waals surface area contributed by atoms with Crippen LogP contribution >= 0.6 is 0 Å². The summed E-state index contributed by atoms with van der Waals surface area (Å²) < 4.78 is 51.2. The molecule has 3 aromatic heterocycles. The number of aromatic nitrogens is 4. The fraction of sp³-hybridized carbons (Fsp3) is 0.485. The van der Waals surface area contributed by atoms with Crippen molar-refractivity contribution in [3.63, 3.8) is 0 Å². The molecule has 242 valence electrons. The predicted molar refractivity (Wildman–Crippen MR) is 177 cm³/mol. The summed E-state index contributed by atoms with van der Waals surface area (Å²) in [6.45, 7) is 16.7. The molecule has 3 heterocycles. The Morgan fingerprint density at radius 2 is 1.73 bits per heavy atom. The van der Waals surface area contributed by atoms with Gasteiger partial charge in [0, 0.05) is 41.1 Å². The molecular formula is C33H43F2N5O3SSi. The molecule has 1 fully saturated rings. The topological polar surface area (TPSA) is 108 Å². The van der Waals surface area contributed by atoms with Gasteiger partial charge in [-0.2, -0.15) is 5.10 Å². The monoisotopic (exact) mass is 655 g/mol. The number of hydrogen-bond acceptors (Lipinski definition) is 7. The standard InChI is InChI=1S/C33H43F2N5O3SSi/c1-30(2,3)44(42)39-33(41,24-18-32(34,35)19-24)28-13-10-12-26(38-28)22-15-16-23-20-36-40(27(23)17-22)29-14-9-11-25(37-29)21-43-45(7,8)31(4,5)6/h9-17,20,24,39,41H,18-19,21H2,1-8H3/t33?,44-/m1/s1. The van der Waals surface area contributed by atoms with Crippen LogP contribution in [-0.2, 0) is 28.1 Å². The summed E-state index contributed by atoms with van der Waals surface area (Å²) in [5, 5.41) is 17.4. The van der Waals surface area contributed by atoms with E-state index in [0.717, 1.165) is 22.2 Å². The molecule has 2 atom stereocenters. The van der Waals surface area contributed by atoms with Crippen LogP contribution < -0.4 is 4.72 Å². The van der Waals surface area contributed by atoms with Crippen LogP contribution in [0.3, 0.4) is 0 Å². The number of nitrogens with zero attached hydrogens (tertiary/aromatic N) is 4. The van der Waals surface area contributed by atoms with Gasteiger partial charge in [-0.05, 0) is 69.2 Å². The lowest BCUT2D eigenvalue weighted by atomic mass is 9.73. The first-order chi connectivity index (χ1) is 20.8. The molecule has 45 heavy (non-hydrogen) atoms. The quantitative estimate of drug-likeness (QED) is 0.111. The van der Waals surface area contributed by atoms with Gasteiger partial charge in [-0.1, -0.05) is 45.0 Å². The normalized spacial score (nSPS) is 18.0. The zero-order chi connectivity index (χ0) is 33.0. The molecule has 5 rings (SSSR count). The van der Waals surface area contributed by atoms with Crippen LogP contribution in [0.1, 0.15) is 65.8 Å². The van der Waals surface area contributed by atoms with E-state index in [1.165, 1.54) is 0 Å². The third-order valence-electron chi connectivity index (χ3n) is 8.89. The highest BCUT2D eigenvalue weighted by molar-refractivity contribution is 7.90. The van der Waals surface area contributed by atoms with Crippen LogP contribution in [0, 0.1) is 5.92 Å². The van der Waals surface area contributed by atoms with Gasteiger partial charge in [-0.3, -0.25) is 0 Å². The zero-order valence-electron chi connectivity index (χ0n) is 27.2. The highest BCUT2D eigenvalue weighted by atomic mass is 32.2. The van der Waals surface area contributed by atoms with Gasteiger partial charge in [0.2, 0.25) is 11.6 Å². The number of nitrogens with one attached hydrogen (secondary N) is 1. The number of hydrogen-bond donors (Lipinski definition) is 2. The molecule has 2 N–H and O–H groups in total. The minimum atomic E-state index is -2.88. The molecule has 0 radical (unpaired) electrons. The van der Waals surface area contributed by atoms with Crippen molar-refractivity contribution in [3.8, 4) is 17.1 Å². The average molecular weight is 656 g/mol. The number of alkyl halides is 2. The third-order valence-corrected chi connectivity index (χ3v) is 15.0. The van der Waals surface area contributed by atoms with Crippen molar-refractivity contribution in [2.45, 2.75) is 95.5 Å². The Balaban J connectivity index is 1.47. The van der Waals surface area contributed by atoms with Gasteiger partial charge >= 0.3 is 0 Å². The molecule has 0 amide bonds. The molecule has 1 aliphatic carbocycles. The Morgan fingerprint density at radius 3 is 2.38 bits per heavy atom. The van der Waals surface area contributed by atoms with Gasteiger partial charge in [0.05, 0.1) is 35.4 Å². The van der Waals surface area contributed by atoms with Crippen LogP contribution in [0.5, 0.6) is 0 Å². The van der Waals surface area contributed by atoms with Gasteiger partial charge in [0.25, 0.3) is 0 Å². The highest BCUT2D eigenvalue weighted by Crippen LogP contribution is 2.50. The number of rotatable bonds is 9. The molecule has 0 saturated heterocycles. The first-order valence-corrected chi connectivity index (χ1v) is 19.2. The molecular weight excluding hydrogens is 613 g/mol. The van der Waals surface area contributed by atoms with Crippen LogP contribution in [0.25, 0.3) is 28.0 Å². The van der Waals surface area contributed by atoms with Crippen molar-refractivity contribution >= 4 is 30.6 Å². The molecule has 0 bridgehead atoms. The maximum absolute atomic E-state index is 14.0. The highest BCUT2D eigenvalue weighted by Gasteiger charge is 2.58. The third kappa shape index (κ3) is 7.01. The number of pyridine rings is 2. The summed E-state index contributed by atoms with van der Waals surface area (Å²) in [5.41, 5.74) is 1.02. The van der Waals surface area contributed by atoms with Crippen LogP contribution in [-0.4, -0.2) is 48.4 Å². The Morgan fingerprint density at radius 1 is 1.04 bits per heavy atom. The van der Waals surface area contributed by atoms with Crippen molar-refractivity contribution in [2.24, 2.45) is 5.92 Å². The summed E-state index contributed by atoms with van der Waals surface area (Å²) in [5.74, 6) is -3.09. The van der Waals surface area contributed by atoms with Gasteiger partial charge in [0.1, 0.15) is 4.75 Å². The molecule has 8 nitrogen and oxygen atoms in total. The minimum Gasteiger partial charge on any atom is -0.598 e. The SMILES string of the molecule is CC(C)(C)[S@@+]([O-])NC(O)(c1cccc(-c2ccc3cnn(-c4cccc(CO[Si](C)(C)C(C)(C)C)n4)c3c2)n1)C1CC(F)(F)C1. The second-order valence-electron chi connectivity index (χ2n) is 14.5. The number of aliphatic hydroxyl groups is 1. The molecule has 1 saturated carbocycles. The van der Waals surface area contributed by atoms with Gasteiger partial charge in [-0.25, -0.2) is 23.4 Å². The number of fused-ring (bicyclic) bond motifs is 1. The lowest BCUT2D eigenvalue weighted by Crippen LogP contribution is -2.60. The van der Waals surface area contributed by atoms with Crippen molar-refractivity contribution in [1.29, 1.82) is 0 Å². The largest absolute Gasteiger partial charge is 0.598 e. The molecule has 12 heteroatoms. The number of benzene rings is 1. The molecule has 0 spiro atoms. The Labute approximate surface area is 268 Å². The van der Waals surface area contributed by atoms with Crippen LogP contribution in [0.15, 0.2) is 60.8 Å². The molecule has 0 aliphatic heterocycles. The maximum Gasteiger partial charge on any atom is 0.249 e. The summed E-state index contributed by atoms with van der Waals surface area (Å²) in [7, 11) is -1.96. The Hall–Kier alpha value is -2.74. The van der Waals surface area contributed by atoms with Crippen LogP contribution in [0.4, 0.5) is 8.78 Å². The first-order valence-electron chi connectivity index (χ1n) is 15.1. The molecule has 1 aromatic carbocycles. The zero-order valence-corrected chi connectivity index (χ0v) is 29.0. The Kier molecular flexibility index (Phi) is 8.82. The lowest BCUT2D eigenvalue weighted by molar-refractivity contribution is -0.185. The van der Waals surface area contributed by atoms with Crippen molar-refractivity contribution in [2.75, 3.05) is 0 Å². The van der Waals surface area contributed by atoms with E-state index < -0.39 is 54.8 Å². The maximum atomic E-state index is 14.0. The van der Waals surface area contributed by atoms with E-state index in [4.69, 9.17) is 14.4 Å². The molecule has 4 aromatic rings. The van der Waals surface area contributed by atoms with E-state index in [9.17, 15) is 18.4 Å². The second-order valence-corrected chi connectivity index (χ2v) is 21.3. The van der Waals surface area contributed by atoms with E-state index in [0.29, 0.717) is 18.1 Å². The minimum absolute atomic E-state index is 0.0862. The van der Waals surface area contributed by atoms with Crippen molar-refractivity contribution in [1.82, 2.24) is 24.5 Å². The smallest absolute Gasteiger partial charge is 0.249 e. The summed E-state index contributed by atoms with van der Waals surface area (Å²) >= 11 is -1.73. The van der Waals surface area contributed by atoms with E-state index in [1.807, 2.05) is 36.4 Å². The second kappa shape index (κ2) is 11.8. The van der Waals surface area contributed by atoms with Gasteiger partial charge in [0.15, 0.2) is 14.1 Å². The summed E-state index contributed by atoms with van der Waals surface area (Å²) in [6.07, 6.45) is 0.717. The lowest BCUT2D eigenvalue weighted by Gasteiger charge is -2.45. The number of halogens is 2. The Bertz CT molecular complexity index is 1680. The fourth-order valence-corrected chi connectivity index (χ4v) is 6.70. The van der Waals surface area contributed by atoms with Crippen molar-refractivity contribution < 1.29 is 22.9 Å². The van der Waals surface area contributed by atoms with E-state index in [1.54, 1.807) is 49.8 Å². The van der Waals surface area contributed by atoms with E-state index in [2.05, 4.69) is 43.7 Å². The predicted octanol–water partition coefficient (Wildman–Crippen LogP) is 7.25. The van der Waals surface area contributed by atoms with E-state index >= 15 is 0 Å². The first kappa shape index (κ1) is 33.6. The fourth-order valence-electron chi connectivity index (χ4n) is 4.90. The van der Waals surface area contributed by atoms with E-state index in [-0.39, 0.29) is 10.7 Å². The molecule has 1 aliphatic rings. The van der Waals surface area contributed by atoms with Gasteiger partial charge in [-0.15, -0.1) is 4.72 Å². The summed E-state index contributed by atoms with van der Waals surface area (Å²) in [4.78, 5) is 9.57. The van der Waals surface area contributed by atoms with Crippen LogP contribution in [0.2, 0.25) is 18.1 Å².